The average Bonchev–Trinajstić information content (AvgIpc) is 3.06. The first-order chi connectivity index (χ1) is 13.9. The maximum absolute atomic E-state index is 12.6. The molecule has 0 fully saturated rings. The summed E-state index contributed by atoms with van der Waals surface area (Å²) in [6.07, 6.45) is 0. The van der Waals surface area contributed by atoms with Crippen LogP contribution in [0.4, 0.5) is 5.00 Å². The van der Waals surface area contributed by atoms with Crippen molar-refractivity contribution in [3.8, 4) is 23.3 Å². The summed E-state index contributed by atoms with van der Waals surface area (Å²) in [5.41, 5.74) is 6.23. The smallest absolute Gasteiger partial charge is 0.348 e. The molecule has 0 bridgehead atoms. The molecule has 0 radical (unpaired) electrons. The Balaban J connectivity index is 2.32. The van der Waals surface area contributed by atoms with Gasteiger partial charge in [0.25, 0.3) is 0 Å². The van der Waals surface area contributed by atoms with Gasteiger partial charge < -0.3 is 29.4 Å². The van der Waals surface area contributed by atoms with E-state index in [2.05, 4.69) is 0 Å². The third-order valence-electron chi connectivity index (χ3n) is 3.85. The quantitative estimate of drug-likeness (QED) is 0.640. The molecule has 0 unspecified atom stereocenters. The second kappa shape index (κ2) is 9.66. The predicted octanol–water partition coefficient (Wildman–Crippen LogP) is 2.76. The fourth-order valence-electron chi connectivity index (χ4n) is 2.53. The lowest BCUT2D eigenvalue weighted by molar-refractivity contribution is 0.0452. The van der Waals surface area contributed by atoms with Crippen LogP contribution in [-0.2, 0) is 16.1 Å². The van der Waals surface area contributed by atoms with E-state index in [4.69, 9.17) is 29.4 Å². The monoisotopic (exact) mass is 420 g/mol. The number of nitriles is 1. The zero-order valence-corrected chi connectivity index (χ0v) is 17.2. The van der Waals surface area contributed by atoms with E-state index in [1.165, 1.54) is 33.5 Å². The van der Waals surface area contributed by atoms with Gasteiger partial charge in [0.05, 0.1) is 39.1 Å². The minimum Gasteiger partial charge on any atom is -0.493 e. The number of nitrogen functional groups attached to an aromatic ring is 1. The van der Waals surface area contributed by atoms with Crippen molar-refractivity contribution >= 4 is 28.3 Å². The van der Waals surface area contributed by atoms with Gasteiger partial charge in [-0.3, -0.25) is 0 Å². The average molecular weight is 420 g/mol. The number of benzene rings is 1. The molecule has 0 aliphatic heterocycles. The Hall–Kier alpha value is -3.45. The first-order valence-corrected chi connectivity index (χ1v) is 9.18. The molecule has 1 heterocycles. The molecule has 1 aromatic carbocycles. The third kappa shape index (κ3) is 4.52. The topological polar surface area (TPSA) is 130 Å². The standard InChI is InChI=1S/C19H20N2O7S/c1-5-27-19(23)16-12(11(8-20)17(21)29-16)9-28-18(22)10-6-13(24-2)15(26-4)14(7-10)25-3/h6-7H,5,9,21H2,1-4H3. The number of ether oxygens (including phenoxy) is 5. The molecule has 9 nitrogen and oxygen atoms in total. The summed E-state index contributed by atoms with van der Waals surface area (Å²) in [5, 5.41) is 9.49. The summed E-state index contributed by atoms with van der Waals surface area (Å²) in [6.45, 7) is 1.48. The normalized spacial score (nSPS) is 10.0. The summed E-state index contributed by atoms with van der Waals surface area (Å²) in [6, 6.07) is 4.79. The third-order valence-corrected chi connectivity index (χ3v) is 4.90. The van der Waals surface area contributed by atoms with Crippen LogP contribution < -0.4 is 19.9 Å². The van der Waals surface area contributed by atoms with Crippen LogP contribution in [-0.4, -0.2) is 39.9 Å². The summed E-state index contributed by atoms with van der Waals surface area (Å²) >= 11 is 0.911. The highest BCUT2D eigenvalue weighted by Crippen LogP contribution is 2.38. The van der Waals surface area contributed by atoms with Crippen molar-refractivity contribution in [2.24, 2.45) is 0 Å². The second-order valence-electron chi connectivity index (χ2n) is 5.47. The van der Waals surface area contributed by atoms with Crippen molar-refractivity contribution in [1.82, 2.24) is 0 Å². The van der Waals surface area contributed by atoms with Crippen molar-refractivity contribution < 1.29 is 33.3 Å². The zero-order chi connectivity index (χ0) is 21.6. The van der Waals surface area contributed by atoms with Crippen molar-refractivity contribution in [2.75, 3.05) is 33.7 Å². The number of hydrogen-bond acceptors (Lipinski definition) is 10. The van der Waals surface area contributed by atoms with Gasteiger partial charge in [-0.05, 0) is 19.1 Å². The highest BCUT2D eigenvalue weighted by atomic mass is 32.1. The number of hydrogen-bond donors (Lipinski definition) is 1. The van der Waals surface area contributed by atoms with Gasteiger partial charge in [0.2, 0.25) is 5.75 Å². The lowest BCUT2D eigenvalue weighted by atomic mass is 10.1. The molecule has 154 valence electrons. The van der Waals surface area contributed by atoms with Gasteiger partial charge in [-0.2, -0.15) is 5.26 Å². The van der Waals surface area contributed by atoms with E-state index in [9.17, 15) is 14.9 Å². The molecule has 10 heteroatoms. The van der Waals surface area contributed by atoms with Crippen LogP contribution in [0.3, 0.4) is 0 Å². The number of nitrogens with zero attached hydrogens (tertiary/aromatic N) is 1. The molecular weight excluding hydrogens is 400 g/mol. The summed E-state index contributed by atoms with van der Waals surface area (Å²) in [7, 11) is 4.29. The molecule has 0 saturated heterocycles. The van der Waals surface area contributed by atoms with E-state index in [1.54, 1.807) is 6.92 Å². The van der Waals surface area contributed by atoms with E-state index in [1.807, 2.05) is 6.07 Å². The predicted molar refractivity (Wildman–Crippen MR) is 105 cm³/mol. The number of thiophene rings is 1. The van der Waals surface area contributed by atoms with Gasteiger partial charge in [0.15, 0.2) is 11.5 Å². The fraction of sp³-hybridized carbons (Fsp3) is 0.316. The van der Waals surface area contributed by atoms with E-state index >= 15 is 0 Å². The minimum absolute atomic E-state index is 0.0794. The largest absolute Gasteiger partial charge is 0.493 e. The molecule has 2 aromatic rings. The van der Waals surface area contributed by atoms with Crippen LogP contribution in [0.1, 0.15) is 38.1 Å². The molecule has 0 amide bonds. The van der Waals surface area contributed by atoms with E-state index in [-0.39, 0.29) is 51.3 Å². The van der Waals surface area contributed by atoms with E-state index in [0.29, 0.717) is 5.75 Å². The Bertz CT molecular complexity index is 937. The van der Waals surface area contributed by atoms with Gasteiger partial charge in [-0.15, -0.1) is 11.3 Å². The van der Waals surface area contributed by atoms with Crippen LogP contribution in [0, 0.1) is 11.3 Å². The van der Waals surface area contributed by atoms with Gasteiger partial charge in [0.1, 0.15) is 22.6 Å². The second-order valence-corrected chi connectivity index (χ2v) is 6.52. The Morgan fingerprint density at radius 2 is 1.69 bits per heavy atom. The summed E-state index contributed by atoms with van der Waals surface area (Å²) in [5.74, 6) is -0.460. The SMILES string of the molecule is CCOC(=O)c1sc(N)c(C#N)c1COC(=O)c1cc(OC)c(OC)c(OC)c1. The number of rotatable bonds is 8. The maximum Gasteiger partial charge on any atom is 0.348 e. The fourth-order valence-corrected chi connectivity index (χ4v) is 3.44. The van der Waals surface area contributed by atoms with E-state index < -0.39 is 11.9 Å². The van der Waals surface area contributed by atoms with Crippen LogP contribution in [0.25, 0.3) is 0 Å². The molecule has 2 N–H and O–H groups in total. The highest BCUT2D eigenvalue weighted by molar-refractivity contribution is 7.18. The summed E-state index contributed by atoms with van der Waals surface area (Å²) in [4.78, 5) is 24.8. The van der Waals surface area contributed by atoms with Crippen molar-refractivity contribution in [3.05, 3.63) is 33.7 Å². The molecule has 0 aliphatic rings. The zero-order valence-electron chi connectivity index (χ0n) is 16.4. The molecule has 0 saturated carbocycles. The lowest BCUT2D eigenvalue weighted by Crippen LogP contribution is -2.10. The van der Waals surface area contributed by atoms with Crippen LogP contribution >= 0.6 is 11.3 Å². The van der Waals surface area contributed by atoms with E-state index in [0.717, 1.165) is 11.3 Å². The first-order valence-electron chi connectivity index (χ1n) is 8.37. The van der Waals surface area contributed by atoms with Crippen molar-refractivity contribution in [1.29, 1.82) is 5.26 Å². The molecule has 1 aromatic heterocycles. The van der Waals surface area contributed by atoms with Crippen molar-refractivity contribution in [2.45, 2.75) is 13.5 Å². The van der Waals surface area contributed by atoms with Gasteiger partial charge in [-0.1, -0.05) is 0 Å². The number of anilines is 1. The van der Waals surface area contributed by atoms with Crippen LogP contribution in [0.5, 0.6) is 17.2 Å². The molecule has 0 spiro atoms. The Kier molecular flexibility index (Phi) is 7.27. The number of carbonyl (C=O) groups is 2. The number of carbonyl (C=O) groups excluding carboxylic acids is 2. The molecule has 0 atom stereocenters. The Morgan fingerprint density at radius 3 is 2.17 bits per heavy atom. The van der Waals surface area contributed by atoms with Crippen LogP contribution in [0.15, 0.2) is 12.1 Å². The van der Waals surface area contributed by atoms with Gasteiger partial charge in [0, 0.05) is 5.56 Å². The number of esters is 2. The number of methoxy groups -OCH3 is 3. The molecule has 29 heavy (non-hydrogen) atoms. The summed E-state index contributed by atoms with van der Waals surface area (Å²) < 4.78 is 25.9. The maximum atomic E-state index is 12.6. The van der Waals surface area contributed by atoms with Crippen molar-refractivity contribution in [3.63, 3.8) is 0 Å². The highest BCUT2D eigenvalue weighted by Gasteiger charge is 2.25. The minimum atomic E-state index is -0.715. The van der Waals surface area contributed by atoms with Crippen LogP contribution in [0.2, 0.25) is 0 Å². The van der Waals surface area contributed by atoms with Gasteiger partial charge >= 0.3 is 11.9 Å². The molecule has 2 rings (SSSR count). The Morgan fingerprint density at radius 1 is 1.07 bits per heavy atom. The Labute approximate surface area is 171 Å². The number of nitrogens with two attached hydrogens (primary N) is 1. The first kappa shape index (κ1) is 21.8. The molecule has 0 aliphatic carbocycles. The van der Waals surface area contributed by atoms with Gasteiger partial charge in [-0.25, -0.2) is 9.59 Å². The molecular formula is C19H20N2O7S. The lowest BCUT2D eigenvalue weighted by Gasteiger charge is -2.14.